The van der Waals surface area contributed by atoms with E-state index in [0.29, 0.717) is 18.5 Å². The van der Waals surface area contributed by atoms with E-state index in [0.717, 1.165) is 12.5 Å². The number of hydrazine groups is 1. The number of carbonyl (C=O) groups is 1. The molecule has 0 aliphatic rings. The second-order valence-electron chi connectivity index (χ2n) is 5.16. The highest BCUT2D eigenvalue weighted by molar-refractivity contribution is 5.99. The summed E-state index contributed by atoms with van der Waals surface area (Å²) >= 11 is 0. The van der Waals surface area contributed by atoms with Gasteiger partial charge in [0.05, 0.1) is 16.7 Å². The predicted molar refractivity (Wildman–Crippen MR) is 77.3 cm³/mol. The number of rotatable bonds is 6. The van der Waals surface area contributed by atoms with Gasteiger partial charge in [0.15, 0.2) is 5.82 Å². The number of nitrogens with two attached hydrogens (primary N) is 1. The predicted octanol–water partition coefficient (Wildman–Crippen LogP) is 2.14. The molecule has 1 rings (SSSR count). The molecular weight excluding hydrogens is 279 g/mol. The Morgan fingerprint density at radius 2 is 2.14 bits per heavy atom. The summed E-state index contributed by atoms with van der Waals surface area (Å²) in [6.45, 7) is 4.47. The minimum Gasteiger partial charge on any atom is -0.341 e. The van der Waals surface area contributed by atoms with Crippen molar-refractivity contribution in [1.82, 2.24) is 4.90 Å². The molecule has 1 amide bonds. The molecule has 0 heterocycles. The van der Waals surface area contributed by atoms with Crippen molar-refractivity contribution in [2.45, 2.75) is 20.3 Å². The van der Waals surface area contributed by atoms with E-state index in [1.165, 1.54) is 4.90 Å². The van der Waals surface area contributed by atoms with Crippen molar-refractivity contribution >= 4 is 17.3 Å². The number of amides is 1. The van der Waals surface area contributed by atoms with Crippen molar-refractivity contribution in [3.8, 4) is 0 Å². The number of nitrogens with zero attached hydrogens (tertiary/aromatic N) is 2. The number of halogens is 1. The maximum Gasteiger partial charge on any atom is 0.285 e. The van der Waals surface area contributed by atoms with E-state index < -0.39 is 22.3 Å². The van der Waals surface area contributed by atoms with Gasteiger partial charge in [-0.2, -0.15) is 0 Å². The lowest BCUT2D eigenvalue weighted by atomic mass is 10.1. The summed E-state index contributed by atoms with van der Waals surface area (Å²) in [5.41, 5.74) is 1.14. The van der Waals surface area contributed by atoms with E-state index in [1.54, 1.807) is 7.05 Å². The van der Waals surface area contributed by atoms with Gasteiger partial charge in [-0.25, -0.2) is 4.39 Å². The third-order valence-electron chi connectivity index (χ3n) is 3.06. The lowest BCUT2D eigenvalue weighted by Gasteiger charge is -2.18. The van der Waals surface area contributed by atoms with Crippen LogP contribution in [-0.4, -0.2) is 29.3 Å². The molecule has 0 aliphatic heterocycles. The zero-order chi connectivity index (χ0) is 16.2. The summed E-state index contributed by atoms with van der Waals surface area (Å²) in [4.78, 5) is 23.9. The number of hydrogen-bond acceptors (Lipinski definition) is 5. The van der Waals surface area contributed by atoms with E-state index in [2.05, 4.69) is 5.43 Å². The van der Waals surface area contributed by atoms with Gasteiger partial charge in [-0.1, -0.05) is 13.8 Å². The summed E-state index contributed by atoms with van der Waals surface area (Å²) in [5, 5.41) is 11.0. The molecule has 0 saturated carbocycles. The van der Waals surface area contributed by atoms with Crippen LogP contribution in [0.5, 0.6) is 0 Å². The number of nitrogens with one attached hydrogen (secondary N) is 1. The van der Waals surface area contributed by atoms with Gasteiger partial charge >= 0.3 is 0 Å². The number of anilines is 1. The Bertz CT molecular complexity index is 548. The molecule has 0 spiro atoms. The van der Waals surface area contributed by atoms with E-state index >= 15 is 0 Å². The van der Waals surface area contributed by atoms with Gasteiger partial charge in [-0.3, -0.25) is 20.8 Å². The molecule has 0 radical (unpaired) electrons. The fourth-order valence-corrected chi connectivity index (χ4v) is 1.75. The van der Waals surface area contributed by atoms with Crippen LogP contribution in [0.25, 0.3) is 0 Å². The standard InChI is InChI=1S/C13H19FN4O3/c1-8(2)4-5-17(3)13(19)9-6-11(16-15)10(14)7-12(9)18(20)21/h6-8,16H,4-5,15H2,1-3H3. The molecule has 7 nitrogen and oxygen atoms in total. The monoisotopic (exact) mass is 298 g/mol. The number of nitro groups is 1. The molecule has 1 aromatic carbocycles. The van der Waals surface area contributed by atoms with Crippen LogP contribution in [0.15, 0.2) is 12.1 Å². The summed E-state index contributed by atoms with van der Waals surface area (Å²) in [7, 11) is 1.55. The number of carbonyl (C=O) groups excluding carboxylic acids is 1. The Morgan fingerprint density at radius 1 is 1.52 bits per heavy atom. The molecule has 0 fully saturated rings. The summed E-state index contributed by atoms with van der Waals surface area (Å²) in [5.74, 6) is 4.10. The number of nitro benzene ring substituents is 1. The third-order valence-corrected chi connectivity index (χ3v) is 3.06. The van der Waals surface area contributed by atoms with Gasteiger partial charge in [0.25, 0.3) is 11.6 Å². The quantitative estimate of drug-likeness (QED) is 0.476. The molecule has 0 aromatic heterocycles. The van der Waals surface area contributed by atoms with E-state index in [1.807, 2.05) is 13.8 Å². The van der Waals surface area contributed by atoms with Crippen LogP contribution in [0.3, 0.4) is 0 Å². The second kappa shape index (κ2) is 6.98. The second-order valence-corrected chi connectivity index (χ2v) is 5.16. The van der Waals surface area contributed by atoms with Crippen molar-refractivity contribution in [1.29, 1.82) is 0 Å². The fraction of sp³-hybridized carbons (Fsp3) is 0.462. The first-order valence-corrected chi connectivity index (χ1v) is 6.48. The van der Waals surface area contributed by atoms with E-state index in [9.17, 15) is 19.3 Å². The molecule has 3 N–H and O–H groups in total. The Balaban J connectivity index is 3.14. The van der Waals surface area contributed by atoms with Crippen LogP contribution in [0.2, 0.25) is 0 Å². The summed E-state index contributed by atoms with van der Waals surface area (Å²) in [6.07, 6.45) is 0.763. The molecule has 0 saturated heterocycles. The summed E-state index contributed by atoms with van der Waals surface area (Å²) in [6, 6.07) is 1.75. The van der Waals surface area contributed by atoms with E-state index in [4.69, 9.17) is 5.84 Å². The fourth-order valence-electron chi connectivity index (χ4n) is 1.75. The maximum absolute atomic E-state index is 13.5. The van der Waals surface area contributed by atoms with Crippen LogP contribution in [0, 0.1) is 21.8 Å². The van der Waals surface area contributed by atoms with Crippen molar-refractivity contribution in [3.63, 3.8) is 0 Å². The Labute approximate surface area is 122 Å². The minimum atomic E-state index is -0.884. The van der Waals surface area contributed by atoms with Gasteiger partial charge in [0.1, 0.15) is 5.56 Å². The van der Waals surface area contributed by atoms with E-state index in [-0.39, 0.29) is 11.3 Å². The number of nitrogen functional groups attached to an aromatic ring is 1. The molecule has 0 bridgehead atoms. The van der Waals surface area contributed by atoms with Crippen LogP contribution < -0.4 is 11.3 Å². The normalized spacial score (nSPS) is 10.6. The lowest BCUT2D eigenvalue weighted by molar-refractivity contribution is -0.385. The summed E-state index contributed by atoms with van der Waals surface area (Å²) < 4.78 is 13.5. The first kappa shape index (κ1) is 16.8. The van der Waals surface area contributed by atoms with Crippen molar-refractivity contribution in [3.05, 3.63) is 33.6 Å². The van der Waals surface area contributed by atoms with Crippen LogP contribution >= 0.6 is 0 Å². The molecule has 1 aromatic rings. The first-order valence-electron chi connectivity index (χ1n) is 6.48. The molecule has 116 valence electrons. The highest BCUT2D eigenvalue weighted by Crippen LogP contribution is 2.26. The van der Waals surface area contributed by atoms with Crippen LogP contribution in [0.1, 0.15) is 30.6 Å². The minimum absolute atomic E-state index is 0.166. The van der Waals surface area contributed by atoms with Crippen molar-refractivity contribution < 1.29 is 14.1 Å². The SMILES string of the molecule is CC(C)CCN(C)C(=O)c1cc(NN)c(F)cc1[N+](=O)[O-]. The Morgan fingerprint density at radius 3 is 2.62 bits per heavy atom. The van der Waals surface area contributed by atoms with Crippen LogP contribution in [0.4, 0.5) is 15.8 Å². The molecule has 21 heavy (non-hydrogen) atoms. The Hall–Kier alpha value is -2.22. The average Bonchev–Trinajstić information content (AvgIpc) is 2.43. The highest BCUT2D eigenvalue weighted by atomic mass is 19.1. The lowest BCUT2D eigenvalue weighted by Crippen LogP contribution is -2.29. The van der Waals surface area contributed by atoms with Crippen molar-refractivity contribution in [2.75, 3.05) is 19.0 Å². The number of benzene rings is 1. The first-order chi connectivity index (χ1) is 9.77. The molecule has 0 unspecified atom stereocenters. The van der Waals surface area contributed by atoms with Gasteiger partial charge < -0.3 is 10.3 Å². The molecule has 8 heteroatoms. The van der Waals surface area contributed by atoms with Gasteiger partial charge in [0.2, 0.25) is 0 Å². The zero-order valence-corrected chi connectivity index (χ0v) is 12.2. The van der Waals surface area contributed by atoms with Gasteiger partial charge in [-0.05, 0) is 18.4 Å². The van der Waals surface area contributed by atoms with Gasteiger partial charge in [0, 0.05) is 13.6 Å². The van der Waals surface area contributed by atoms with Crippen molar-refractivity contribution in [2.24, 2.45) is 11.8 Å². The smallest absolute Gasteiger partial charge is 0.285 e. The topological polar surface area (TPSA) is 102 Å². The maximum atomic E-state index is 13.5. The highest BCUT2D eigenvalue weighted by Gasteiger charge is 2.25. The van der Waals surface area contributed by atoms with Crippen LogP contribution in [-0.2, 0) is 0 Å². The molecular formula is C13H19FN4O3. The molecule has 0 aliphatic carbocycles. The average molecular weight is 298 g/mol. The van der Waals surface area contributed by atoms with Gasteiger partial charge in [-0.15, -0.1) is 0 Å². The third kappa shape index (κ3) is 4.12. The number of hydrogen-bond donors (Lipinski definition) is 2. The Kier molecular flexibility index (Phi) is 5.60. The zero-order valence-electron chi connectivity index (χ0n) is 12.2. The largest absolute Gasteiger partial charge is 0.341 e. The molecule has 0 atom stereocenters.